The van der Waals surface area contributed by atoms with Crippen LogP contribution >= 0.6 is 24.0 Å². The van der Waals surface area contributed by atoms with Gasteiger partial charge in [-0.2, -0.15) is 0 Å². The molecule has 0 amide bonds. The molecule has 7 heteroatoms. The number of benzene rings is 1. The van der Waals surface area contributed by atoms with E-state index in [0.717, 1.165) is 22.8 Å². The second-order valence-corrected chi connectivity index (χ2v) is 4.84. The third-order valence-electron chi connectivity index (χ3n) is 3.28. The Morgan fingerprint density at radius 2 is 1.79 bits per heavy atom. The molecule has 0 aliphatic carbocycles. The fourth-order valence-electron chi connectivity index (χ4n) is 2.01. The van der Waals surface area contributed by atoms with Crippen molar-refractivity contribution in [3.63, 3.8) is 0 Å². The van der Waals surface area contributed by atoms with E-state index in [-0.39, 0.29) is 24.0 Å². The minimum absolute atomic E-state index is 0. The standard InChI is InChI=1S/C17H22N4O2.HI/c1-18-17(20-10-13-5-4-6-15(9-13)22-2)21-12-14-7-8-16(23-3)19-11-14;/h4-9,11H,10,12H2,1-3H3,(H2,18,20,21);1H. The van der Waals surface area contributed by atoms with Crippen LogP contribution in [0.5, 0.6) is 11.6 Å². The van der Waals surface area contributed by atoms with Gasteiger partial charge >= 0.3 is 0 Å². The van der Waals surface area contributed by atoms with Crippen LogP contribution in [0, 0.1) is 0 Å². The zero-order chi connectivity index (χ0) is 16.5. The predicted molar refractivity (Wildman–Crippen MR) is 106 cm³/mol. The van der Waals surface area contributed by atoms with E-state index >= 15 is 0 Å². The topological polar surface area (TPSA) is 67.8 Å². The van der Waals surface area contributed by atoms with Gasteiger partial charge in [0.25, 0.3) is 0 Å². The number of hydrogen-bond donors (Lipinski definition) is 2. The van der Waals surface area contributed by atoms with Crippen molar-refractivity contribution in [1.82, 2.24) is 15.6 Å². The molecule has 0 atom stereocenters. The number of pyridine rings is 1. The summed E-state index contributed by atoms with van der Waals surface area (Å²) < 4.78 is 10.3. The van der Waals surface area contributed by atoms with E-state index < -0.39 is 0 Å². The first-order chi connectivity index (χ1) is 11.2. The third kappa shape index (κ3) is 6.23. The van der Waals surface area contributed by atoms with Gasteiger partial charge in [0.05, 0.1) is 14.2 Å². The van der Waals surface area contributed by atoms with E-state index in [9.17, 15) is 0 Å². The summed E-state index contributed by atoms with van der Waals surface area (Å²) in [5.74, 6) is 2.18. The van der Waals surface area contributed by atoms with Gasteiger partial charge in [-0.1, -0.05) is 18.2 Å². The van der Waals surface area contributed by atoms with Crippen LogP contribution in [0.25, 0.3) is 0 Å². The summed E-state index contributed by atoms with van der Waals surface area (Å²) in [6.45, 7) is 1.30. The van der Waals surface area contributed by atoms with Gasteiger partial charge in [-0.05, 0) is 23.3 Å². The van der Waals surface area contributed by atoms with Gasteiger partial charge in [-0.25, -0.2) is 4.98 Å². The van der Waals surface area contributed by atoms with Crippen LogP contribution in [0.15, 0.2) is 47.6 Å². The number of ether oxygens (including phenoxy) is 2. The summed E-state index contributed by atoms with van der Waals surface area (Å²) in [5.41, 5.74) is 2.17. The fraction of sp³-hybridized carbons (Fsp3) is 0.294. The van der Waals surface area contributed by atoms with Crippen LogP contribution < -0.4 is 20.1 Å². The average Bonchev–Trinajstić information content (AvgIpc) is 2.62. The molecule has 0 fully saturated rings. The molecule has 0 aliphatic rings. The SMILES string of the molecule is CN=C(NCc1ccc(OC)nc1)NCc1cccc(OC)c1.I. The van der Waals surface area contributed by atoms with E-state index in [0.29, 0.717) is 19.0 Å². The molecule has 24 heavy (non-hydrogen) atoms. The molecule has 2 aromatic rings. The molecule has 6 nitrogen and oxygen atoms in total. The lowest BCUT2D eigenvalue weighted by Crippen LogP contribution is -2.36. The molecule has 0 saturated heterocycles. The van der Waals surface area contributed by atoms with E-state index in [2.05, 4.69) is 20.6 Å². The molecule has 2 rings (SSSR count). The number of hydrogen-bond acceptors (Lipinski definition) is 4. The molecular weight excluding hydrogens is 419 g/mol. The Labute approximate surface area is 159 Å². The molecule has 0 spiro atoms. The maximum Gasteiger partial charge on any atom is 0.212 e. The van der Waals surface area contributed by atoms with Crippen molar-refractivity contribution in [2.75, 3.05) is 21.3 Å². The van der Waals surface area contributed by atoms with Crippen LogP contribution in [-0.4, -0.2) is 32.2 Å². The quantitative estimate of drug-likeness (QED) is 0.409. The number of rotatable bonds is 6. The number of methoxy groups -OCH3 is 2. The minimum atomic E-state index is 0. The number of guanidine groups is 1. The Morgan fingerprint density at radius 1 is 1.04 bits per heavy atom. The van der Waals surface area contributed by atoms with Gasteiger partial charge in [-0.15, -0.1) is 24.0 Å². The molecule has 0 bridgehead atoms. The highest BCUT2D eigenvalue weighted by atomic mass is 127. The smallest absolute Gasteiger partial charge is 0.212 e. The monoisotopic (exact) mass is 442 g/mol. The summed E-state index contributed by atoms with van der Waals surface area (Å²) in [6.07, 6.45) is 1.78. The van der Waals surface area contributed by atoms with Crippen molar-refractivity contribution in [3.8, 4) is 11.6 Å². The van der Waals surface area contributed by atoms with Crippen LogP contribution in [0.1, 0.15) is 11.1 Å². The average molecular weight is 442 g/mol. The molecular formula is C17H23IN4O2. The summed E-state index contributed by atoms with van der Waals surface area (Å²) in [4.78, 5) is 8.39. The first-order valence-electron chi connectivity index (χ1n) is 7.31. The second kappa shape index (κ2) is 10.7. The van der Waals surface area contributed by atoms with E-state index in [1.54, 1.807) is 27.5 Å². The molecule has 1 heterocycles. The van der Waals surface area contributed by atoms with E-state index in [4.69, 9.17) is 9.47 Å². The van der Waals surface area contributed by atoms with Crippen molar-refractivity contribution in [2.45, 2.75) is 13.1 Å². The number of halogens is 1. The van der Waals surface area contributed by atoms with Crippen LogP contribution in [0.4, 0.5) is 0 Å². The van der Waals surface area contributed by atoms with Gasteiger partial charge in [0.2, 0.25) is 5.88 Å². The lowest BCUT2D eigenvalue weighted by Gasteiger charge is -2.12. The number of aliphatic imine (C=N–C) groups is 1. The number of aromatic nitrogens is 1. The lowest BCUT2D eigenvalue weighted by molar-refractivity contribution is 0.397. The molecule has 0 aliphatic heterocycles. The first kappa shape index (κ1) is 20.0. The highest BCUT2D eigenvalue weighted by molar-refractivity contribution is 14.0. The molecule has 0 saturated carbocycles. The fourth-order valence-corrected chi connectivity index (χ4v) is 2.01. The maximum absolute atomic E-state index is 5.22. The largest absolute Gasteiger partial charge is 0.497 e. The Balaban J connectivity index is 0.00000288. The molecule has 130 valence electrons. The minimum Gasteiger partial charge on any atom is -0.497 e. The highest BCUT2D eigenvalue weighted by Gasteiger charge is 2.01. The van der Waals surface area contributed by atoms with Crippen LogP contribution in [0.2, 0.25) is 0 Å². The van der Waals surface area contributed by atoms with E-state index in [1.807, 2.05) is 36.4 Å². The van der Waals surface area contributed by atoms with Gasteiger partial charge in [0.15, 0.2) is 5.96 Å². The molecule has 2 N–H and O–H groups in total. The lowest BCUT2D eigenvalue weighted by atomic mass is 10.2. The Bertz CT molecular complexity index is 647. The zero-order valence-corrected chi connectivity index (χ0v) is 16.4. The summed E-state index contributed by atoms with van der Waals surface area (Å²) in [6, 6.07) is 11.7. The summed E-state index contributed by atoms with van der Waals surface area (Å²) >= 11 is 0. The van der Waals surface area contributed by atoms with Gasteiger partial charge in [-0.3, -0.25) is 4.99 Å². The van der Waals surface area contributed by atoms with Gasteiger partial charge in [0, 0.05) is 32.4 Å². The van der Waals surface area contributed by atoms with Crippen molar-refractivity contribution >= 4 is 29.9 Å². The van der Waals surface area contributed by atoms with Crippen molar-refractivity contribution in [1.29, 1.82) is 0 Å². The normalized spacial score (nSPS) is 10.5. The molecule has 0 radical (unpaired) electrons. The van der Waals surface area contributed by atoms with E-state index in [1.165, 1.54) is 0 Å². The summed E-state index contributed by atoms with van der Waals surface area (Å²) in [5, 5.41) is 6.52. The Morgan fingerprint density at radius 3 is 2.38 bits per heavy atom. The van der Waals surface area contributed by atoms with Crippen molar-refractivity contribution in [2.24, 2.45) is 4.99 Å². The molecule has 1 aromatic carbocycles. The van der Waals surface area contributed by atoms with Crippen molar-refractivity contribution < 1.29 is 9.47 Å². The highest BCUT2D eigenvalue weighted by Crippen LogP contribution is 2.12. The number of nitrogens with one attached hydrogen (secondary N) is 2. The number of nitrogens with zero attached hydrogens (tertiary/aromatic N) is 2. The van der Waals surface area contributed by atoms with Crippen LogP contribution in [0.3, 0.4) is 0 Å². The summed E-state index contributed by atoms with van der Waals surface area (Å²) in [7, 11) is 5.01. The second-order valence-electron chi connectivity index (χ2n) is 4.84. The first-order valence-corrected chi connectivity index (χ1v) is 7.31. The van der Waals surface area contributed by atoms with Crippen molar-refractivity contribution in [3.05, 3.63) is 53.7 Å². The maximum atomic E-state index is 5.22. The third-order valence-corrected chi connectivity index (χ3v) is 3.28. The van der Waals surface area contributed by atoms with Gasteiger partial charge < -0.3 is 20.1 Å². The van der Waals surface area contributed by atoms with Gasteiger partial charge in [0.1, 0.15) is 5.75 Å². The predicted octanol–water partition coefficient (Wildman–Crippen LogP) is 2.58. The Kier molecular flexibility index (Phi) is 8.92. The Hall–Kier alpha value is -2.03. The zero-order valence-electron chi connectivity index (χ0n) is 14.1. The van der Waals surface area contributed by atoms with Crippen LogP contribution in [-0.2, 0) is 13.1 Å². The molecule has 1 aromatic heterocycles. The molecule has 0 unspecified atom stereocenters.